The highest BCUT2D eigenvalue weighted by molar-refractivity contribution is 5.93. The zero-order valence-electron chi connectivity index (χ0n) is 13.6. The minimum Gasteiger partial charge on any atom is -0.348 e. The van der Waals surface area contributed by atoms with Crippen LogP contribution in [0, 0.1) is 17.1 Å². The van der Waals surface area contributed by atoms with E-state index in [0.29, 0.717) is 16.8 Å². The molecule has 0 saturated heterocycles. The molecule has 3 aromatic rings. The van der Waals surface area contributed by atoms with E-state index in [4.69, 9.17) is 5.26 Å². The molecule has 0 radical (unpaired) electrons. The van der Waals surface area contributed by atoms with Crippen molar-refractivity contribution in [2.45, 2.75) is 6.54 Å². The van der Waals surface area contributed by atoms with E-state index >= 15 is 0 Å². The molecule has 3 rings (SSSR count). The van der Waals surface area contributed by atoms with Crippen LogP contribution in [0.4, 0.5) is 16.0 Å². The van der Waals surface area contributed by atoms with Gasteiger partial charge in [0, 0.05) is 24.5 Å². The highest BCUT2D eigenvalue weighted by Gasteiger charge is 2.09. The molecule has 1 amide bonds. The Bertz CT molecular complexity index is 966. The predicted octanol–water partition coefficient (Wildman–Crippen LogP) is 3.16. The van der Waals surface area contributed by atoms with Crippen LogP contribution in [0.25, 0.3) is 0 Å². The molecule has 0 aliphatic rings. The molecule has 7 heteroatoms. The van der Waals surface area contributed by atoms with Gasteiger partial charge in [-0.15, -0.1) is 0 Å². The molecule has 0 fully saturated rings. The fourth-order valence-electron chi connectivity index (χ4n) is 2.24. The minimum atomic E-state index is -0.405. The van der Waals surface area contributed by atoms with Crippen LogP contribution in [0.3, 0.4) is 0 Å². The predicted molar refractivity (Wildman–Crippen MR) is 94.0 cm³/mol. The van der Waals surface area contributed by atoms with E-state index in [9.17, 15) is 9.18 Å². The van der Waals surface area contributed by atoms with E-state index in [-0.39, 0.29) is 23.9 Å². The van der Waals surface area contributed by atoms with E-state index in [1.807, 2.05) is 0 Å². The molecule has 2 aromatic carbocycles. The van der Waals surface area contributed by atoms with Crippen molar-refractivity contribution >= 4 is 17.5 Å². The number of aromatic nitrogens is 2. The second-order valence-electron chi connectivity index (χ2n) is 5.35. The number of carbonyl (C=O) groups excluding carboxylic acids is 1. The second kappa shape index (κ2) is 7.85. The van der Waals surface area contributed by atoms with Gasteiger partial charge >= 0.3 is 0 Å². The van der Waals surface area contributed by atoms with Crippen molar-refractivity contribution in [2.75, 3.05) is 5.32 Å². The lowest BCUT2D eigenvalue weighted by Crippen LogP contribution is -2.23. The molecule has 1 aromatic heterocycles. The summed E-state index contributed by atoms with van der Waals surface area (Å²) in [6.45, 7) is 0.0705. The van der Waals surface area contributed by atoms with E-state index < -0.39 is 5.91 Å². The smallest absolute Gasteiger partial charge is 0.254 e. The van der Waals surface area contributed by atoms with Gasteiger partial charge in [-0.2, -0.15) is 5.26 Å². The van der Waals surface area contributed by atoms with E-state index in [1.54, 1.807) is 42.5 Å². The Labute approximate surface area is 149 Å². The summed E-state index contributed by atoms with van der Waals surface area (Å²) < 4.78 is 13.6. The van der Waals surface area contributed by atoms with Gasteiger partial charge in [-0.1, -0.05) is 30.3 Å². The fraction of sp³-hybridized carbons (Fsp3) is 0.0526. The van der Waals surface area contributed by atoms with Gasteiger partial charge in [-0.25, -0.2) is 14.4 Å². The van der Waals surface area contributed by atoms with Crippen molar-refractivity contribution in [3.63, 3.8) is 0 Å². The molecular weight excluding hydrogens is 333 g/mol. The lowest BCUT2D eigenvalue weighted by molar-refractivity contribution is 0.0950. The number of amides is 1. The highest BCUT2D eigenvalue weighted by atomic mass is 19.1. The topological polar surface area (TPSA) is 90.7 Å². The molecule has 6 nitrogen and oxygen atoms in total. The standard InChI is InChI=1S/C19H14FN5O/c20-16-7-3-1-6-14(16)10-22-18(26)15-11-23-19(24-12-15)25-17-8-4-2-5-13(17)9-21/h1-8,11-12H,10H2,(H,22,26)(H,23,24,25). The lowest BCUT2D eigenvalue weighted by Gasteiger charge is -2.08. The number of nitrogens with one attached hydrogen (secondary N) is 2. The first-order valence-corrected chi connectivity index (χ1v) is 7.77. The summed E-state index contributed by atoms with van der Waals surface area (Å²) in [6, 6.07) is 15.2. The third-order valence-corrected chi connectivity index (χ3v) is 3.61. The number of nitriles is 1. The highest BCUT2D eigenvalue weighted by Crippen LogP contribution is 2.17. The van der Waals surface area contributed by atoms with E-state index in [0.717, 1.165) is 0 Å². The third-order valence-electron chi connectivity index (χ3n) is 3.61. The monoisotopic (exact) mass is 347 g/mol. The van der Waals surface area contributed by atoms with Gasteiger partial charge in [0.25, 0.3) is 5.91 Å². The molecule has 128 valence electrons. The third kappa shape index (κ3) is 3.99. The SMILES string of the molecule is N#Cc1ccccc1Nc1ncc(C(=O)NCc2ccccc2F)cn1. The van der Waals surface area contributed by atoms with E-state index in [2.05, 4.69) is 26.7 Å². The van der Waals surface area contributed by atoms with Gasteiger partial charge in [0.05, 0.1) is 16.8 Å². The fourth-order valence-corrected chi connectivity index (χ4v) is 2.24. The van der Waals surface area contributed by atoms with Crippen LogP contribution in [0.5, 0.6) is 0 Å². The van der Waals surface area contributed by atoms with Crippen LogP contribution < -0.4 is 10.6 Å². The normalized spacial score (nSPS) is 10.0. The van der Waals surface area contributed by atoms with Gasteiger partial charge in [0.1, 0.15) is 11.9 Å². The average Bonchev–Trinajstić information content (AvgIpc) is 2.68. The minimum absolute atomic E-state index is 0.0705. The van der Waals surface area contributed by atoms with Crippen molar-refractivity contribution in [1.82, 2.24) is 15.3 Å². The number of carbonyl (C=O) groups is 1. The molecule has 0 bridgehead atoms. The number of anilines is 2. The summed E-state index contributed by atoms with van der Waals surface area (Å²) in [6.07, 6.45) is 2.72. The van der Waals surface area contributed by atoms with Crippen LogP contribution in [0.1, 0.15) is 21.5 Å². The van der Waals surface area contributed by atoms with Crippen LogP contribution in [-0.2, 0) is 6.54 Å². The van der Waals surface area contributed by atoms with Gasteiger partial charge in [-0.3, -0.25) is 4.79 Å². The maximum atomic E-state index is 13.6. The van der Waals surface area contributed by atoms with Crippen molar-refractivity contribution in [1.29, 1.82) is 5.26 Å². The molecule has 1 heterocycles. The molecule has 0 aliphatic carbocycles. The van der Waals surface area contributed by atoms with Gasteiger partial charge < -0.3 is 10.6 Å². The Kier molecular flexibility index (Phi) is 5.15. The quantitative estimate of drug-likeness (QED) is 0.740. The maximum absolute atomic E-state index is 13.6. The number of halogens is 1. The van der Waals surface area contributed by atoms with Crippen LogP contribution >= 0.6 is 0 Å². The number of rotatable bonds is 5. The Morgan fingerprint density at radius 2 is 1.77 bits per heavy atom. The van der Waals surface area contributed by atoms with Crippen molar-refractivity contribution < 1.29 is 9.18 Å². The molecule has 26 heavy (non-hydrogen) atoms. The molecule has 2 N–H and O–H groups in total. The Balaban J connectivity index is 1.65. The summed E-state index contributed by atoms with van der Waals surface area (Å²) >= 11 is 0. The van der Waals surface area contributed by atoms with Gasteiger partial charge in [-0.05, 0) is 18.2 Å². The first kappa shape index (κ1) is 17.0. The molecule has 0 aliphatic heterocycles. The zero-order valence-corrected chi connectivity index (χ0v) is 13.6. The van der Waals surface area contributed by atoms with Gasteiger partial charge in [0.15, 0.2) is 0 Å². The first-order valence-electron chi connectivity index (χ1n) is 7.77. The molecular formula is C19H14FN5O. The van der Waals surface area contributed by atoms with Crippen LogP contribution in [-0.4, -0.2) is 15.9 Å². The Morgan fingerprint density at radius 3 is 2.50 bits per heavy atom. The summed E-state index contributed by atoms with van der Waals surface area (Å²) in [5.41, 5.74) is 1.68. The summed E-state index contributed by atoms with van der Waals surface area (Å²) in [5, 5.41) is 14.6. The van der Waals surface area contributed by atoms with Crippen molar-refractivity contribution in [3.05, 3.63) is 83.4 Å². The number of hydrogen-bond acceptors (Lipinski definition) is 5. The largest absolute Gasteiger partial charge is 0.348 e. The zero-order chi connectivity index (χ0) is 18.4. The first-order chi connectivity index (χ1) is 12.7. The number of para-hydroxylation sites is 1. The van der Waals surface area contributed by atoms with Crippen LogP contribution in [0.2, 0.25) is 0 Å². The number of benzene rings is 2. The Hall–Kier alpha value is -3.79. The summed E-state index contributed by atoms with van der Waals surface area (Å²) in [4.78, 5) is 20.3. The molecule has 0 spiro atoms. The van der Waals surface area contributed by atoms with Crippen molar-refractivity contribution in [3.8, 4) is 6.07 Å². The summed E-state index contributed by atoms with van der Waals surface area (Å²) in [5.74, 6) is -0.518. The van der Waals surface area contributed by atoms with Gasteiger partial charge in [0.2, 0.25) is 5.95 Å². The lowest BCUT2D eigenvalue weighted by atomic mass is 10.2. The van der Waals surface area contributed by atoms with Crippen molar-refractivity contribution in [2.24, 2.45) is 0 Å². The second-order valence-corrected chi connectivity index (χ2v) is 5.35. The van der Waals surface area contributed by atoms with Crippen LogP contribution in [0.15, 0.2) is 60.9 Å². The molecule has 0 atom stereocenters. The van der Waals surface area contributed by atoms with E-state index in [1.165, 1.54) is 18.5 Å². The maximum Gasteiger partial charge on any atom is 0.254 e. The number of hydrogen-bond donors (Lipinski definition) is 2. The molecule has 0 unspecified atom stereocenters. The summed E-state index contributed by atoms with van der Waals surface area (Å²) in [7, 11) is 0. The Morgan fingerprint density at radius 1 is 1.08 bits per heavy atom. The average molecular weight is 347 g/mol. The molecule has 0 saturated carbocycles. The number of nitrogens with zero attached hydrogens (tertiary/aromatic N) is 3.